The molecule has 0 aliphatic carbocycles. The average molecular weight is 431 g/mol. The third-order valence-electron chi connectivity index (χ3n) is 4.50. The van der Waals surface area contributed by atoms with Gasteiger partial charge in [-0.25, -0.2) is 4.98 Å². The summed E-state index contributed by atoms with van der Waals surface area (Å²) in [6.45, 7) is 1.81. The molecule has 0 saturated carbocycles. The number of nitrogens with one attached hydrogen (secondary N) is 3. The molecule has 0 fully saturated rings. The molecule has 3 N–H and O–H groups in total. The van der Waals surface area contributed by atoms with Crippen molar-refractivity contribution in [3.05, 3.63) is 77.7 Å². The molecule has 10 heteroatoms. The second-order valence-electron chi connectivity index (χ2n) is 6.65. The maximum Gasteiger partial charge on any atom is 0.419 e. The van der Waals surface area contributed by atoms with Gasteiger partial charge in [0, 0.05) is 45.3 Å². The molecule has 7 nitrogen and oxygen atoms in total. The molecule has 0 unspecified atom stereocenters. The Morgan fingerprint density at radius 3 is 2.52 bits per heavy atom. The second kappa shape index (κ2) is 10.5. The van der Waals surface area contributed by atoms with Gasteiger partial charge in [0.15, 0.2) is 5.96 Å². The van der Waals surface area contributed by atoms with Crippen molar-refractivity contribution in [3.8, 4) is 0 Å². The van der Waals surface area contributed by atoms with Crippen molar-refractivity contribution < 1.29 is 13.2 Å². The molecule has 0 aliphatic rings. The summed E-state index contributed by atoms with van der Waals surface area (Å²) in [5.74, 6) is 0.361. The zero-order chi connectivity index (χ0) is 22.1. The average Bonchev–Trinajstić information content (AvgIpc) is 3.27. The van der Waals surface area contributed by atoms with Gasteiger partial charge in [-0.3, -0.25) is 9.67 Å². The predicted octanol–water partition coefficient (Wildman–Crippen LogP) is 3.12. The maximum atomic E-state index is 13.0. The molecule has 164 valence electrons. The van der Waals surface area contributed by atoms with Gasteiger partial charge in [0.1, 0.15) is 5.82 Å². The summed E-state index contributed by atoms with van der Waals surface area (Å²) in [6.07, 6.45) is 0.518. The summed E-state index contributed by atoms with van der Waals surface area (Å²) in [5, 5.41) is 13.3. The van der Waals surface area contributed by atoms with Gasteiger partial charge >= 0.3 is 6.18 Å². The zero-order valence-corrected chi connectivity index (χ0v) is 17.0. The molecule has 0 saturated heterocycles. The number of guanidine groups is 1. The Kier molecular flexibility index (Phi) is 7.47. The number of aliphatic imine (C=N–C) groups is 1. The van der Waals surface area contributed by atoms with E-state index < -0.39 is 11.7 Å². The van der Waals surface area contributed by atoms with E-state index >= 15 is 0 Å². The maximum absolute atomic E-state index is 13.0. The molecule has 3 rings (SSSR count). The molecule has 0 atom stereocenters. The lowest BCUT2D eigenvalue weighted by Gasteiger charge is -2.16. The van der Waals surface area contributed by atoms with E-state index in [1.807, 2.05) is 41.2 Å². The number of pyridine rings is 1. The van der Waals surface area contributed by atoms with E-state index in [9.17, 15) is 13.2 Å². The van der Waals surface area contributed by atoms with E-state index in [2.05, 4.69) is 31.0 Å². The molecule has 2 heterocycles. The van der Waals surface area contributed by atoms with Crippen LogP contribution in [0, 0.1) is 0 Å². The molecular formula is C21H24F3N7. The van der Waals surface area contributed by atoms with Crippen LogP contribution < -0.4 is 16.0 Å². The van der Waals surface area contributed by atoms with Crippen molar-refractivity contribution in [2.75, 3.05) is 25.5 Å². The number of benzene rings is 1. The van der Waals surface area contributed by atoms with Crippen molar-refractivity contribution in [1.82, 2.24) is 25.4 Å². The molecule has 3 aromatic rings. The fourth-order valence-electron chi connectivity index (χ4n) is 2.99. The third-order valence-corrected chi connectivity index (χ3v) is 4.50. The van der Waals surface area contributed by atoms with Gasteiger partial charge in [-0.15, -0.1) is 0 Å². The summed E-state index contributed by atoms with van der Waals surface area (Å²) < 4.78 is 40.9. The standard InChI is InChI=1S/C21H24F3N7/c1-25-20(28-12-11-27-19-18(21(22,23)24)8-4-9-26-19)29-14-16-6-2-3-7-17(16)15-31-13-5-10-30-31/h2-10,13H,11-12,14-15H2,1H3,(H,26,27)(H2,25,28,29). The van der Waals surface area contributed by atoms with Crippen LogP contribution in [0.5, 0.6) is 0 Å². The van der Waals surface area contributed by atoms with Crippen molar-refractivity contribution >= 4 is 11.8 Å². The molecule has 0 spiro atoms. The molecule has 31 heavy (non-hydrogen) atoms. The number of hydrogen-bond acceptors (Lipinski definition) is 4. The van der Waals surface area contributed by atoms with Crippen molar-refractivity contribution in [2.24, 2.45) is 4.99 Å². The van der Waals surface area contributed by atoms with E-state index in [1.54, 1.807) is 13.2 Å². The van der Waals surface area contributed by atoms with Crippen molar-refractivity contribution in [1.29, 1.82) is 0 Å². The number of anilines is 1. The number of aromatic nitrogens is 3. The minimum absolute atomic E-state index is 0.188. The van der Waals surface area contributed by atoms with Crippen LogP contribution in [0.3, 0.4) is 0 Å². The molecule has 1 aromatic carbocycles. The highest BCUT2D eigenvalue weighted by Gasteiger charge is 2.33. The van der Waals surface area contributed by atoms with Crippen LogP contribution in [0.1, 0.15) is 16.7 Å². The third kappa shape index (κ3) is 6.46. The minimum Gasteiger partial charge on any atom is -0.368 e. The topological polar surface area (TPSA) is 79.2 Å². The minimum atomic E-state index is -4.45. The Morgan fingerprint density at radius 2 is 1.81 bits per heavy atom. The highest BCUT2D eigenvalue weighted by Crippen LogP contribution is 2.33. The van der Waals surface area contributed by atoms with Crippen molar-refractivity contribution in [3.63, 3.8) is 0 Å². The van der Waals surface area contributed by atoms with E-state index in [0.29, 0.717) is 25.6 Å². The fourth-order valence-corrected chi connectivity index (χ4v) is 2.99. The summed E-state index contributed by atoms with van der Waals surface area (Å²) in [5.41, 5.74) is 1.44. The van der Waals surface area contributed by atoms with Gasteiger partial charge in [-0.2, -0.15) is 18.3 Å². The van der Waals surface area contributed by atoms with Gasteiger partial charge in [-0.05, 0) is 29.3 Å². The summed E-state index contributed by atoms with van der Waals surface area (Å²) in [7, 11) is 1.64. The SMILES string of the molecule is CN=C(NCCNc1ncccc1C(F)(F)F)NCc1ccccc1Cn1cccn1. The molecule has 0 bridgehead atoms. The van der Waals surface area contributed by atoms with Crippen LogP contribution in [0.15, 0.2) is 66.0 Å². The van der Waals surface area contributed by atoms with Crippen LogP contribution in [0.4, 0.5) is 19.0 Å². The molecule has 0 amide bonds. The number of alkyl halides is 3. The molecule has 0 aliphatic heterocycles. The molecule has 0 radical (unpaired) electrons. The lowest BCUT2D eigenvalue weighted by Crippen LogP contribution is -2.39. The molecular weight excluding hydrogens is 407 g/mol. The number of halogens is 3. The highest BCUT2D eigenvalue weighted by molar-refractivity contribution is 5.79. The highest BCUT2D eigenvalue weighted by atomic mass is 19.4. The monoisotopic (exact) mass is 431 g/mol. The Labute approximate surface area is 178 Å². The van der Waals surface area contributed by atoms with Gasteiger partial charge in [-0.1, -0.05) is 24.3 Å². The summed E-state index contributed by atoms with van der Waals surface area (Å²) >= 11 is 0. The van der Waals surface area contributed by atoms with E-state index in [0.717, 1.165) is 17.2 Å². The predicted molar refractivity (Wildman–Crippen MR) is 114 cm³/mol. The van der Waals surface area contributed by atoms with Crippen LogP contribution in [-0.2, 0) is 19.3 Å². The lowest BCUT2D eigenvalue weighted by molar-refractivity contribution is -0.137. The number of hydrogen-bond donors (Lipinski definition) is 3. The lowest BCUT2D eigenvalue weighted by atomic mass is 10.1. The smallest absolute Gasteiger partial charge is 0.368 e. The Hall–Kier alpha value is -3.56. The van der Waals surface area contributed by atoms with E-state index in [4.69, 9.17) is 0 Å². The van der Waals surface area contributed by atoms with Gasteiger partial charge < -0.3 is 16.0 Å². The van der Waals surface area contributed by atoms with Crippen molar-refractivity contribution in [2.45, 2.75) is 19.3 Å². The zero-order valence-electron chi connectivity index (χ0n) is 17.0. The van der Waals surface area contributed by atoms with Crippen LogP contribution >= 0.6 is 0 Å². The first-order valence-electron chi connectivity index (χ1n) is 9.72. The first-order chi connectivity index (χ1) is 15.0. The van der Waals surface area contributed by atoms with Crippen LogP contribution in [0.25, 0.3) is 0 Å². The van der Waals surface area contributed by atoms with Gasteiger partial charge in [0.2, 0.25) is 0 Å². The normalized spacial score (nSPS) is 11.9. The van der Waals surface area contributed by atoms with Gasteiger partial charge in [0.25, 0.3) is 0 Å². The fraction of sp³-hybridized carbons (Fsp3) is 0.286. The number of nitrogens with zero attached hydrogens (tertiary/aromatic N) is 4. The Morgan fingerprint density at radius 1 is 1.00 bits per heavy atom. The second-order valence-corrected chi connectivity index (χ2v) is 6.65. The summed E-state index contributed by atoms with van der Waals surface area (Å²) in [4.78, 5) is 7.95. The van der Waals surface area contributed by atoms with E-state index in [1.165, 1.54) is 12.3 Å². The largest absolute Gasteiger partial charge is 0.419 e. The quantitative estimate of drug-likeness (QED) is 0.290. The van der Waals surface area contributed by atoms with Crippen LogP contribution in [-0.4, -0.2) is 40.9 Å². The Bertz CT molecular complexity index is 985. The summed E-state index contributed by atoms with van der Waals surface area (Å²) in [6, 6.07) is 12.2. The first kappa shape index (κ1) is 22.1. The van der Waals surface area contributed by atoms with Crippen LogP contribution in [0.2, 0.25) is 0 Å². The van der Waals surface area contributed by atoms with Gasteiger partial charge in [0.05, 0.1) is 12.1 Å². The van der Waals surface area contributed by atoms with E-state index in [-0.39, 0.29) is 12.4 Å². The molecule has 2 aromatic heterocycles. The number of rotatable bonds is 8. The Balaban J connectivity index is 1.49. The first-order valence-corrected chi connectivity index (χ1v) is 9.72.